The van der Waals surface area contributed by atoms with Gasteiger partial charge in [-0.15, -0.1) is 0 Å². The lowest BCUT2D eigenvalue weighted by Crippen LogP contribution is -2.02. The number of nitrogens with zero attached hydrogens (tertiary/aromatic N) is 3. The van der Waals surface area contributed by atoms with E-state index in [1.807, 2.05) is 24.5 Å². The van der Waals surface area contributed by atoms with Crippen molar-refractivity contribution in [3.63, 3.8) is 0 Å². The lowest BCUT2D eigenvalue weighted by molar-refractivity contribution is 0.0699. The monoisotopic (exact) mass is 271 g/mol. The van der Waals surface area contributed by atoms with E-state index in [4.69, 9.17) is 4.42 Å². The number of carboxylic acid groups (broad SMARTS) is 1. The van der Waals surface area contributed by atoms with Gasteiger partial charge in [0.2, 0.25) is 5.89 Å². The second-order valence-corrected chi connectivity index (χ2v) is 4.59. The molecule has 0 radical (unpaired) electrons. The Morgan fingerprint density at radius 2 is 2.20 bits per heavy atom. The van der Waals surface area contributed by atoms with E-state index in [1.54, 1.807) is 18.3 Å². The van der Waals surface area contributed by atoms with Crippen molar-refractivity contribution in [3.05, 3.63) is 47.4 Å². The molecule has 0 spiro atoms. The highest BCUT2D eigenvalue weighted by atomic mass is 16.4. The molecule has 2 aromatic heterocycles. The van der Waals surface area contributed by atoms with Crippen molar-refractivity contribution < 1.29 is 14.3 Å². The highest BCUT2D eigenvalue weighted by Gasteiger charge is 2.16. The zero-order valence-corrected chi connectivity index (χ0v) is 11.1. The van der Waals surface area contributed by atoms with E-state index in [2.05, 4.69) is 9.97 Å². The van der Waals surface area contributed by atoms with Gasteiger partial charge in [-0.25, -0.2) is 14.8 Å². The van der Waals surface area contributed by atoms with Crippen LogP contribution in [0.1, 0.15) is 27.8 Å². The van der Waals surface area contributed by atoms with Crippen molar-refractivity contribution in [3.8, 4) is 0 Å². The van der Waals surface area contributed by atoms with Gasteiger partial charge < -0.3 is 14.1 Å². The van der Waals surface area contributed by atoms with Crippen LogP contribution in [0.15, 0.2) is 28.8 Å². The number of carbonyl (C=O) groups is 1. The molecule has 0 bridgehead atoms. The number of hydrogen-bond donors (Lipinski definition) is 1. The Kier molecular flexibility index (Phi) is 2.78. The maximum atomic E-state index is 11.2. The van der Waals surface area contributed by atoms with Crippen molar-refractivity contribution in [2.45, 2.75) is 20.4 Å². The maximum Gasteiger partial charge on any atom is 0.337 e. The molecule has 1 N–H and O–H groups in total. The summed E-state index contributed by atoms with van der Waals surface area (Å²) in [5.41, 5.74) is 1.45. The molecule has 0 saturated carbocycles. The summed E-state index contributed by atoms with van der Waals surface area (Å²) in [6, 6.07) is 5.11. The van der Waals surface area contributed by atoms with Crippen LogP contribution < -0.4 is 0 Å². The molecule has 0 saturated heterocycles. The van der Waals surface area contributed by atoms with E-state index in [0.29, 0.717) is 18.0 Å². The van der Waals surface area contributed by atoms with Gasteiger partial charge in [0.25, 0.3) is 0 Å². The third-order valence-electron chi connectivity index (χ3n) is 3.16. The zero-order chi connectivity index (χ0) is 14.3. The molecule has 102 valence electrons. The lowest BCUT2D eigenvalue weighted by Gasteiger charge is -2.03. The molecule has 0 amide bonds. The summed E-state index contributed by atoms with van der Waals surface area (Å²) < 4.78 is 7.36. The summed E-state index contributed by atoms with van der Waals surface area (Å²) in [5.74, 6) is 1.07. The van der Waals surface area contributed by atoms with Gasteiger partial charge in [-0.2, -0.15) is 0 Å². The highest BCUT2D eigenvalue weighted by Crippen LogP contribution is 2.21. The van der Waals surface area contributed by atoms with Crippen molar-refractivity contribution in [1.29, 1.82) is 0 Å². The number of aromatic carboxylic acids is 1. The van der Waals surface area contributed by atoms with Crippen LogP contribution in [0.25, 0.3) is 11.0 Å². The van der Waals surface area contributed by atoms with E-state index < -0.39 is 5.97 Å². The summed E-state index contributed by atoms with van der Waals surface area (Å²) in [7, 11) is 0. The Hall–Kier alpha value is -2.63. The van der Waals surface area contributed by atoms with E-state index in [1.165, 1.54) is 0 Å². The predicted octanol–water partition coefficient (Wildman–Crippen LogP) is 2.39. The van der Waals surface area contributed by atoms with Crippen LogP contribution >= 0.6 is 0 Å². The first-order chi connectivity index (χ1) is 9.56. The van der Waals surface area contributed by atoms with Crippen molar-refractivity contribution >= 4 is 17.0 Å². The average molecular weight is 271 g/mol. The number of rotatable bonds is 3. The van der Waals surface area contributed by atoms with Gasteiger partial charge in [-0.05, 0) is 26.0 Å². The summed E-state index contributed by atoms with van der Waals surface area (Å²) in [6.07, 6.45) is 1.66. The third-order valence-corrected chi connectivity index (χ3v) is 3.16. The Bertz CT molecular complexity index is 801. The molecule has 3 aromatic rings. The fraction of sp³-hybridized carbons (Fsp3) is 0.214. The first-order valence-corrected chi connectivity index (χ1v) is 6.16. The Labute approximate surface area is 114 Å². The van der Waals surface area contributed by atoms with Crippen molar-refractivity contribution in [1.82, 2.24) is 14.5 Å². The van der Waals surface area contributed by atoms with Crippen molar-refractivity contribution in [2.75, 3.05) is 0 Å². The average Bonchev–Trinajstić information content (AvgIpc) is 2.94. The van der Waals surface area contributed by atoms with Gasteiger partial charge in [0, 0.05) is 0 Å². The summed E-state index contributed by atoms with van der Waals surface area (Å²) >= 11 is 0. The third kappa shape index (κ3) is 1.95. The number of imidazole rings is 1. The molecule has 2 heterocycles. The largest absolute Gasteiger partial charge is 0.478 e. The van der Waals surface area contributed by atoms with Crippen LogP contribution in [-0.2, 0) is 6.54 Å². The van der Waals surface area contributed by atoms with Gasteiger partial charge in [-0.3, -0.25) is 0 Å². The summed E-state index contributed by atoms with van der Waals surface area (Å²) in [4.78, 5) is 19.7. The summed E-state index contributed by atoms with van der Waals surface area (Å²) in [5, 5.41) is 9.20. The van der Waals surface area contributed by atoms with Gasteiger partial charge in [-0.1, -0.05) is 6.07 Å². The van der Waals surface area contributed by atoms with Crippen LogP contribution in [0.4, 0.5) is 0 Å². The quantitative estimate of drug-likeness (QED) is 0.791. The maximum absolute atomic E-state index is 11.2. The second kappa shape index (κ2) is 4.48. The van der Waals surface area contributed by atoms with Crippen LogP contribution in [0.3, 0.4) is 0 Å². The molecule has 1 aromatic carbocycles. The fourth-order valence-corrected chi connectivity index (χ4v) is 2.25. The second-order valence-electron chi connectivity index (χ2n) is 4.59. The molecule has 6 heteroatoms. The normalized spacial score (nSPS) is 11.1. The number of aromatic nitrogens is 3. The number of hydrogen-bond acceptors (Lipinski definition) is 4. The number of oxazole rings is 1. The molecule has 0 unspecified atom stereocenters. The highest BCUT2D eigenvalue weighted by molar-refractivity contribution is 6.01. The van der Waals surface area contributed by atoms with Crippen LogP contribution in [0, 0.1) is 13.8 Å². The molecule has 6 nitrogen and oxygen atoms in total. The minimum Gasteiger partial charge on any atom is -0.478 e. The molecule has 0 aliphatic carbocycles. The Balaban J connectivity index is 2.14. The molecule has 0 aliphatic heterocycles. The number of para-hydroxylation sites is 1. The van der Waals surface area contributed by atoms with Crippen LogP contribution in [0.2, 0.25) is 0 Å². The van der Waals surface area contributed by atoms with E-state index >= 15 is 0 Å². The SMILES string of the molecule is Cc1cnc(Cn2c(C)nc3c(C(=O)O)cccc32)o1. The van der Waals surface area contributed by atoms with E-state index in [9.17, 15) is 9.90 Å². The smallest absolute Gasteiger partial charge is 0.337 e. The van der Waals surface area contributed by atoms with E-state index in [0.717, 1.165) is 17.1 Å². The van der Waals surface area contributed by atoms with Crippen LogP contribution in [-0.4, -0.2) is 25.6 Å². The molecule has 0 atom stereocenters. The minimum absolute atomic E-state index is 0.202. The molecule has 0 aliphatic rings. The van der Waals surface area contributed by atoms with Crippen LogP contribution in [0.5, 0.6) is 0 Å². The number of carboxylic acids is 1. The molecule has 20 heavy (non-hydrogen) atoms. The Morgan fingerprint density at radius 1 is 1.40 bits per heavy atom. The topological polar surface area (TPSA) is 81.2 Å². The Morgan fingerprint density at radius 3 is 2.85 bits per heavy atom. The zero-order valence-electron chi connectivity index (χ0n) is 11.1. The standard InChI is InChI=1S/C14H13N3O3/c1-8-6-15-12(20-8)7-17-9(2)16-13-10(14(18)19)4-3-5-11(13)17/h3-6H,7H2,1-2H3,(H,18,19). The number of aryl methyl sites for hydroxylation is 2. The van der Waals surface area contributed by atoms with Gasteiger partial charge >= 0.3 is 5.97 Å². The molecule has 0 fully saturated rings. The van der Waals surface area contributed by atoms with E-state index in [-0.39, 0.29) is 5.56 Å². The number of fused-ring (bicyclic) bond motifs is 1. The first-order valence-electron chi connectivity index (χ1n) is 6.16. The predicted molar refractivity (Wildman–Crippen MR) is 71.8 cm³/mol. The van der Waals surface area contributed by atoms with Crippen molar-refractivity contribution in [2.24, 2.45) is 0 Å². The lowest BCUT2D eigenvalue weighted by atomic mass is 10.2. The van der Waals surface area contributed by atoms with Gasteiger partial charge in [0.15, 0.2) is 0 Å². The molecular formula is C14H13N3O3. The summed E-state index contributed by atoms with van der Waals surface area (Å²) in [6.45, 7) is 4.10. The number of benzene rings is 1. The molecule has 3 rings (SSSR count). The molecular weight excluding hydrogens is 258 g/mol. The minimum atomic E-state index is -0.979. The first kappa shape index (κ1) is 12.4. The van der Waals surface area contributed by atoms with Gasteiger partial charge in [0.05, 0.1) is 17.3 Å². The fourth-order valence-electron chi connectivity index (χ4n) is 2.25. The van der Waals surface area contributed by atoms with Gasteiger partial charge in [0.1, 0.15) is 23.6 Å².